The molecule has 0 amide bonds. The number of nitrogens with two attached hydrogens (primary N) is 1. The highest BCUT2D eigenvalue weighted by atomic mass is 35.5. The molecule has 2 aromatic rings. The molecule has 1 atom stereocenters. The topological polar surface area (TPSA) is 52.3 Å². The Hall–Kier alpha value is -1.84. The predicted octanol–water partition coefficient (Wildman–Crippen LogP) is 4.22. The van der Waals surface area contributed by atoms with Gasteiger partial charge in [0.25, 0.3) is 0 Å². The smallest absolute Gasteiger partial charge is 0.323 e. The van der Waals surface area contributed by atoms with Gasteiger partial charge in [-0.1, -0.05) is 60.5 Å². The molecule has 4 heteroatoms. The predicted molar refractivity (Wildman–Crippen MR) is 95.8 cm³/mol. The molecule has 0 bridgehead atoms. The van der Waals surface area contributed by atoms with Crippen molar-refractivity contribution < 1.29 is 9.53 Å². The number of halogens is 1. The van der Waals surface area contributed by atoms with Crippen molar-refractivity contribution in [1.29, 1.82) is 0 Å². The highest BCUT2D eigenvalue weighted by Crippen LogP contribution is 2.47. The van der Waals surface area contributed by atoms with Crippen LogP contribution in [0.25, 0.3) is 0 Å². The molecule has 1 fully saturated rings. The van der Waals surface area contributed by atoms with Gasteiger partial charge in [-0.2, -0.15) is 0 Å². The fourth-order valence-electron chi connectivity index (χ4n) is 3.36. The average Bonchev–Trinajstić information content (AvgIpc) is 2.57. The second kappa shape index (κ2) is 7.37. The molecule has 0 radical (unpaired) electrons. The molecule has 2 N–H and O–H groups in total. The SMILES string of the molecule is NC(CC1(c2ccc(Cl)cc2)CCC1)C(=O)OCc1ccccc1. The molecule has 0 spiro atoms. The average molecular weight is 344 g/mol. The third-order valence-electron chi connectivity index (χ3n) is 4.90. The first-order valence-electron chi connectivity index (χ1n) is 8.31. The monoisotopic (exact) mass is 343 g/mol. The largest absolute Gasteiger partial charge is 0.460 e. The Morgan fingerprint density at radius 1 is 1.12 bits per heavy atom. The Balaban J connectivity index is 1.61. The Labute approximate surface area is 147 Å². The van der Waals surface area contributed by atoms with Crippen LogP contribution in [0.15, 0.2) is 54.6 Å². The number of ether oxygens (including phenoxy) is 1. The standard InChI is InChI=1S/C20H22ClNO2/c21-17-9-7-16(8-10-17)20(11-4-12-20)13-18(22)19(23)24-14-15-5-2-1-3-6-15/h1-3,5-10,18H,4,11-14,22H2. The highest BCUT2D eigenvalue weighted by Gasteiger charge is 2.41. The van der Waals surface area contributed by atoms with E-state index < -0.39 is 6.04 Å². The molecule has 1 aliphatic carbocycles. The minimum Gasteiger partial charge on any atom is -0.460 e. The number of rotatable bonds is 6. The molecule has 126 valence electrons. The van der Waals surface area contributed by atoms with Crippen LogP contribution in [-0.4, -0.2) is 12.0 Å². The maximum absolute atomic E-state index is 12.3. The second-order valence-electron chi connectivity index (χ2n) is 6.54. The van der Waals surface area contributed by atoms with Gasteiger partial charge in [0.05, 0.1) is 0 Å². The van der Waals surface area contributed by atoms with Gasteiger partial charge >= 0.3 is 5.97 Å². The highest BCUT2D eigenvalue weighted by molar-refractivity contribution is 6.30. The zero-order chi connectivity index (χ0) is 17.0. The van der Waals surface area contributed by atoms with E-state index in [1.165, 1.54) is 5.56 Å². The van der Waals surface area contributed by atoms with Crippen molar-refractivity contribution in [2.24, 2.45) is 5.73 Å². The molecule has 0 aromatic heterocycles. The van der Waals surface area contributed by atoms with Crippen molar-refractivity contribution in [3.8, 4) is 0 Å². The summed E-state index contributed by atoms with van der Waals surface area (Å²) in [4.78, 5) is 12.3. The van der Waals surface area contributed by atoms with E-state index in [0.29, 0.717) is 6.42 Å². The molecule has 1 unspecified atom stereocenters. The molecule has 1 aliphatic rings. The lowest BCUT2D eigenvalue weighted by Crippen LogP contribution is -2.44. The normalized spacial score (nSPS) is 16.9. The molecular weight excluding hydrogens is 322 g/mol. The van der Waals surface area contributed by atoms with Gasteiger partial charge in [-0.3, -0.25) is 4.79 Å². The summed E-state index contributed by atoms with van der Waals surface area (Å²) in [5.74, 6) is -0.334. The summed E-state index contributed by atoms with van der Waals surface area (Å²) in [5.41, 5.74) is 8.30. The third-order valence-corrected chi connectivity index (χ3v) is 5.16. The van der Waals surface area contributed by atoms with E-state index in [0.717, 1.165) is 29.8 Å². The summed E-state index contributed by atoms with van der Waals surface area (Å²) in [6.07, 6.45) is 3.87. The van der Waals surface area contributed by atoms with E-state index >= 15 is 0 Å². The number of esters is 1. The molecule has 0 heterocycles. The number of hydrogen-bond donors (Lipinski definition) is 1. The molecule has 3 rings (SSSR count). The minimum absolute atomic E-state index is 0.0181. The van der Waals surface area contributed by atoms with Gasteiger partial charge in [0.15, 0.2) is 0 Å². The van der Waals surface area contributed by atoms with Gasteiger partial charge in [0.1, 0.15) is 12.6 Å². The summed E-state index contributed by atoms with van der Waals surface area (Å²) in [7, 11) is 0. The maximum Gasteiger partial charge on any atom is 0.323 e. The van der Waals surface area contributed by atoms with Gasteiger partial charge in [0.2, 0.25) is 0 Å². The summed E-state index contributed by atoms with van der Waals surface area (Å²) >= 11 is 5.98. The Bertz CT molecular complexity index is 681. The summed E-state index contributed by atoms with van der Waals surface area (Å²) < 4.78 is 5.37. The molecule has 1 saturated carbocycles. The van der Waals surface area contributed by atoms with Crippen molar-refractivity contribution in [3.05, 3.63) is 70.7 Å². The van der Waals surface area contributed by atoms with Crippen LogP contribution in [0.5, 0.6) is 0 Å². The first-order chi connectivity index (χ1) is 11.6. The maximum atomic E-state index is 12.3. The van der Waals surface area contributed by atoms with Crippen LogP contribution in [0.1, 0.15) is 36.8 Å². The molecular formula is C20H22ClNO2. The quantitative estimate of drug-likeness (QED) is 0.799. The number of carbonyl (C=O) groups is 1. The first-order valence-corrected chi connectivity index (χ1v) is 8.69. The first kappa shape index (κ1) is 17.0. The van der Waals surface area contributed by atoms with Crippen LogP contribution in [0.3, 0.4) is 0 Å². The fourth-order valence-corrected chi connectivity index (χ4v) is 3.48. The lowest BCUT2D eigenvalue weighted by Gasteiger charge is -2.43. The fraction of sp³-hybridized carbons (Fsp3) is 0.350. The van der Waals surface area contributed by atoms with Crippen molar-refractivity contribution in [2.45, 2.75) is 43.7 Å². The van der Waals surface area contributed by atoms with Crippen LogP contribution in [-0.2, 0) is 21.6 Å². The van der Waals surface area contributed by atoms with E-state index in [1.807, 2.05) is 54.6 Å². The Kier molecular flexibility index (Phi) is 5.22. The molecule has 0 aliphatic heterocycles. The summed E-state index contributed by atoms with van der Waals surface area (Å²) in [6, 6.07) is 16.9. The van der Waals surface area contributed by atoms with Crippen molar-refractivity contribution >= 4 is 17.6 Å². The molecule has 3 nitrogen and oxygen atoms in total. The van der Waals surface area contributed by atoms with Crippen LogP contribution < -0.4 is 5.73 Å². The zero-order valence-electron chi connectivity index (χ0n) is 13.6. The van der Waals surface area contributed by atoms with Crippen molar-refractivity contribution in [1.82, 2.24) is 0 Å². The van der Waals surface area contributed by atoms with Gasteiger partial charge < -0.3 is 10.5 Å². The van der Waals surface area contributed by atoms with E-state index in [4.69, 9.17) is 22.1 Å². The van der Waals surface area contributed by atoms with Crippen LogP contribution in [0.2, 0.25) is 5.02 Å². The molecule has 0 saturated heterocycles. The lowest BCUT2D eigenvalue weighted by molar-refractivity contribution is -0.147. The van der Waals surface area contributed by atoms with Gasteiger partial charge in [-0.05, 0) is 47.9 Å². The second-order valence-corrected chi connectivity index (χ2v) is 6.98. The van der Waals surface area contributed by atoms with Gasteiger partial charge in [-0.25, -0.2) is 0 Å². The zero-order valence-corrected chi connectivity index (χ0v) is 14.3. The van der Waals surface area contributed by atoms with E-state index in [2.05, 4.69) is 0 Å². The lowest BCUT2D eigenvalue weighted by atomic mass is 9.61. The third kappa shape index (κ3) is 3.80. The minimum atomic E-state index is -0.607. The number of benzene rings is 2. The number of carbonyl (C=O) groups excluding carboxylic acids is 1. The summed E-state index contributed by atoms with van der Waals surface area (Å²) in [6.45, 7) is 0.265. The number of hydrogen-bond acceptors (Lipinski definition) is 3. The van der Waals surface area contributed by atoms with Crippen LogP contribution in [0, 0.1) is 0 Å². The molecule has 24 heavy (non-hydrogen) atoms. The van der Waals surface area contributed by atoms with Crippen LogP contribution in [0.4, 0.5) is 0 Å². The Morgan fingerprint density at radius 3 is 2.38 bits per heavy atom. The van der Waals surface area contributed by atoms with E-state index in [9.17, 15) is 4.79 Å². The van der Waals surface area contributed by atoms with Crippen LogP contribution >= 0.6 is 11.6 Å². The van der Waals surface area contributed by atoms with Crippen molar-refractivity contribution in [3.63, 3.8) is 0 Å². The van der Waals surface area contributed by atoms with Crippen molar-refractivity contribution in [2.75, 3.05) is 0 Å². The van der Waals surface area contributed by atoms with E-state index in [-0.39, 0.29) is 18.0 Å². The van der Waals surface area contributed by atoms with Gasteiger partial charge in [0, 0.05) is 5.02 Å². The molecule has 2 aromatic carbocycles. The summed E-state index contributed by atoms with van der Waals surface area (Å²) in [5, 5.41) is 0.722. The Morgan fingerprint density at radius 2 is 1.79 bits per heavy atom. The van der Waals surface area contributed by atoms with Gasteiger partial charge in [-0.15, -0.1) is 0 Å². The van der Waals surface area contributed by atoms with E-state index in [1.54, 1.807) is 0 Å².